The van der Waals surface area contributed by atoms with Crippen LogP contribution in [0.3, 0.4) is 0 Å². The molecule has 0 N–H and O–H groups in total. The molecule has 0 saturated carbocycles. The zero-order valence-electron chi connectivity index (χ0n) is 18.9. The second kappa shape index (κ2) is 8.92. The molecule has 0 aliphatic carbocycles. The number of carbonyl (C=O) groups excluding carboxylic acids is 2. The fourth-order valence-electron chi connectivity index (χ4n) is 5.53. The summed E-state index contributed by atoms with van der Waals surface area (Å²) in [5, 5.41) is 0. The number of ether oxygens (including phenoxy) is 1. The monoisotopic (exact) mass is 423 g/mol. The van der Waals surface area contributed by atoms with Crippen LogP contribution in [0.15, 0.2) is 24.3 Å². The molecule has 1 aromatic rings. The lowest BCUT2D eigenvalue weighted by Gasteiger charge is -2.45. The first-order valence-electron chi connectivity index (χ1n) is 11.4. The summed E-state index contributed by atoms with van der Waals surface area (Å²) in [7, 11) is 0. The van der Waals surface area contributed by atoms with Crippen LogP contribution in [0.5, 0.6) is 0 Å². The lowest BCUT2D eigenvalue weighted by molar-refractivity contribution is -0.116. The topological polar surface area (TPSA) is 53.1 Å². The zero-order chi connectivity index (χ0) is 22.0. The van der Waals surface area contributed by atoms with Gasteiger partial charge in [-0.2, -0.15) is 0 Å². The molecule has 3 aliphatic heterocycles. The normalized spacial score (nSPS) is 21.9. The lowest BCUT2D eigenvalue weighted by atomic mass is 9.74. The van der Waals surface area contributed by atoms with Crippen LogP contribution in [0, 0.1) is 11.8 Å². The van der Waals surface area contributed by atoms with E-state index in [1.54, 1.807) is 20.8 Å². The molecule has 31 heavy (non-hydrogen) atoms. The second-order valence-electron chi connectivity index (χ2n) is 9.08. The first-order valence-corrected chi connectivity index (χ1v) is 11.4. The molecule has 1 spiro atoms. The molecule has 2 amide bonds. The third-order valence-electron chi connectivity index (χ3n) is 7.23. The molecule has 0 aromatic heterocycles. The fourth-order valence-corrected chi connectivity index (χ4v) is 5.53. The number of rotatable bonds is 2. The van der Waals surface area contributed by atoms with Crippen LogP contribution < -0.4 is 4.90 Å². The molecule has 1 aromatic carbocycles. The molecule has 4 rings (SSSR count). The van der Waals surface area contributed by atoms with E-state index in [2.05, 4.69) is 34.9 Å². The zero-order valence-corrected chi connectivity index (χ0v) is 18.9. The van der Waals surface area contributed by atoms with Gasteiger partial charge in [0.05, 0.1) is 0 Å². The number of fused-ring (bicyclic) bond motifs is 2. The summed E-state index contributed by atoms with van der Waals surface area (Å²) < 4.78 is 5.40. The number of hydrogen-bond acceptors (Lipinski definition) is 4. The van der Waals surface area contributed by atoms with Gasteiger partial charge in [0.1, 0.15) is 0 Å². The highest BCUT2D eigenvalue weighted by molar-refractivity contribution is 5.94. The van der Waals surface area contributed by atoms with Gasteiger partial charge in [-0.3, -0.25) is 4.79 Å². The maximum absolute atomic E-state index is 12.3. The van der Waals surface area contributed by atoms with E-state index in [4.69, 9.17) is 4.74 Å². The van der Waals surface area contributed by atoms with Gasteiger partial charge >= 0.3 is 6.09 Å². The van der Waals surface area contributed by atoms with Gasteiger partial charge < -0.3 is 19.4 Å². The van der Waals surface area contributed by atoms with E-state index in [1.165, 1.54) is 5.56 Å². The lowest BCUT2D eigenvalue weighted by Crippen LogP contribution is -2.52. The van der Waals surface area contributed by atoms with E-state index in [0.717, 1.165) is 64.1 Å². The van der Waals surface area contributed by atoms with E-state index in [0.29, 0.717) is 6.04 Å². The van der Waals surface area contributed by atoms with Crippen molar-refractivity contribution in [1.82, 2.24) is 9.80 Å². The minimum atomic E-state index is -0.364. The van der Waals surface area contributed by atoms with Crippen LogP contribution in [0.4, 0.5) is 10.5 Å². The Morgan fingerprint density at radius 3 is 2.45 bits per heavy atom. The van der Waals surface area contributed by atoms with Crippen molar-refractivity contribution in [2.75, 3.05) is 37.6 Å². The van der Waals surface area contributed by atoms with Crippen molar-refractivity contribution >= 4 is 17.7 Å². The quantitative estimate of drug-likeness (QED) is 0.684. The Morgan fingerprint density at radius 1 is 1.13 bits per heavy atom. The molecule has 2 saturated heterocycles. The van der Waals surface area contributed by atoms with E-state index < -0.39 is 0 Å². The minimum Gasteiger partial charge on any atom is -0.433 e. The van der Waals surface area contributed by atoms with Gasteiger partial charge in [0.15, 0.2) is 6.10 Å². The Balaban J connectivity index is 1.33. The molecule has 0 bridgehead atoms. The van der Waals surface area contributed by atoms with Crippen molar-refractivity contribution in [2.45, 2.75) is 64.0 Å². The minimum absolute atomic E-state index is 0.0831. The van der Waals surface area contributed by atoms with Crippen LogP contribution in [-0.2, 0) is 14.9 Å². The summed E-state index contributed by atoms with van der Waals surface area (Å²) in [6, 6.07) is 8.92. The third kappa shape index (κ3) is 4.29. The molecule has 3 aliphatic rings. The maximum Gasteiger partial charge on any atom is 0.410 e. The summed E-state index contributed by atoms with van der Waals surface area (Å²) in [6.07, 6.45) is 3.49. The highest BCUT2D eigenvalue weighted by Crippen LogP contribution is 2.47. The molecule has 6 heteroatoms. The number of nitrogens with zero attached hydrogens (tertiary/aromatic N) is 3. The van der Waals surface area contributed by atoms with Gasteiger partial charge in [0, 0.05) is 43.7 Å². The van der Waals surface area contributed by atoms with Gasteiger partial charge in [-0.25, -0.2) is 4.79 Å². The molecule has 0 radical (unpaired) electrons. The van der Waals surface area contributed by atoms with Crippen molar-refractivity contribution in [1.29, 1.82) is 0 Å². The number of hydrogen-bond donors (Lipinski definition) is 0. The van der Waals surface area contributed by atoms with Gasteiger partial charge in [-0.05, 0) is 64.3 Å². The Morgan fingerprint density at radius 2 is 1.81 bits per heavy atom. The molecule has 1 atom stereocenters. The van der Waals surface area contributed by atoms with E-state index in [1.807, 2.05) is 15.9 Å². The largest absolute Gasteiger partial charge is 0.433 e. The summed E-state index contributed by atoms with van der Waals surface area (Å²) in [4.78, 5) is 30.9. The predicted octanol–water partition coefficient (Wildman–Crippen LogP) is 3.40. The Hall–Kier alpha value is -2.52. The molecular weight excluding hydrogens is 390 g/mol. The molecule has 2 fully saturated rings. The number of carbonyl (C=O) groups is 2. The van der Waals surface area contributed by atoms with Crippen molar-refractivity contribution in [3.8, 4) is 11.8 Å². The predicted molar refractivity (Wildman–Crippen MR) is 121 cm³/mol. The van der Waals surface area contributed by atoms with E-state index in [9.17, 15) is 9.59 Å². The number of likely N-dealkylation sites (tertiary alicyclic amines) is 2. The van der Waals surface area contributed by atoms with Crippen molar-refractivity contribution < 1.29 is 14.3 Å². The van der Waals surface area contributed by atoms with Crippen LogP contribution in [-0.4, -0.2) is 66.7 Å². The number of amides is 2. The SMILES string of the molecule is CC#CC(C)OC(=O)N1CCC(N2CCC3(CC2)CN(C(C)=O)c2ccccc23)CC1. The Bertz CT molecular complexity index is 887. The fraction of sp³-hybridized carbons (Fsp3) is 0.600. The van der Waals surface area contributed by atoms with Crippen LogP contribution in [0.25, 0.3) is 0 Å². The number of anilines is 1. The van der Waals surface area contributed by atoms with E-state index >= 15 is 0 Å². The first-order chi connectivity index (χ1) is 14.9. The second-order valence-corrected chi connectivity index (χ2v) is 9.08. The number of para-hydroxylation sites is 1. The highest BCUT2D eigenvalue weighted by Gasteiger charge is 2.46. The van der Waals surface area contributed by atoms with Gasteiger partial charge in [0.2, 0.25) is 5.91 Å². The van der Waals surface area contributed by atoms with Crippen LogP contribution in [0.2, 0.25) is 0 Å². The Kier molecular flexibility index (Phi) is 6.24. The summed E-state index contributed by atoms with van der Waals surface area (Å²) in [6.45, 7) is 9.57. The molecule has 6 nitrogen and oxygen atoms in total. The highest BCUT2D eigenvalue weighted by atomic mass is 16.6. The molecule has 3 heterocycles. The Labute approximate surface area is 185 Å². The number of piperidine rings is 2. The third-order valence-corrected chi connectivity index (χ3v) is 7.23. The summed E-state index contributed by atoms with van der Waals surface area (Å²) in [5.41, 5.74) is 2.52. The van der Waals surface area contributed by atoms with Crippen LogP contribution >= 0.6 is 0 Å². The molecular formula is C25H33N3O3. The van der Waals surface area contributed by atoms with E-state index in [-0.39, 0.29) is 23.5 Å². The average molecular weight is 424 g/mol. The molecule has 1 unspecified atom stereocenters. The summed E-state index contributed by atoms with van der Waals surface area (Å²) in [5.74, 6) is 5.78. The maximum atomic E-state index is 12.3. The van der Waals surface area contributed by atoms with Crippen molar-refractivity contribution in [3.63, 3.8) is 0 Å². The van der Waals surface area contributed by atoms with Gasteiger partial charge in [-0.15, -0.1) is 5.92 Å². The van der Waals surface area contributed by atoms with Gasteiger partial charge in [-0.1, -0.05) is 24.1 Å². The van der Waals surface area contributed by atoms with Crippen LogP contribution in [0.1, 0.15) is 52.0 Å². The van der Waals surface area contributed by atoms with Crippen molar-refractivity contribution in [2.24, 2.45) is 0 Å². The van der Waals surface area contributed by atoms with Gasteiger partial charge in [0.25, 0.3) is 0 Å². The standard InChI is InChI=1S/C25H33N3O3/c1-4-7-19(2)31-24(30)27-14-10-21(11-15-27)26-16-12-25(13-17-26)18-28(20(3)29)23-9-6-5-8-22(23)25/h5-6,8-9,19,21H,10-18H2,1-3H3. The smallest absolute Gasteiger partial charge is 0.410 e. The average Bonchev–Trinajstić information content (AvgIpc) is 3.09. The molecule has 166 valence electrons. The summed E-state index contributed by atoms with van der Waals surface area (Å²) >= 11 is 0. The number of benzene rings is 1. The van der Waals surface area contributed by atoms with Crippen molar-refractivity contribution in [3.05, 3.63) is 29.8 Å². The first kappa shape index (κ1) is 21.7.